The first-order chi connectivity index (χ1) is 16.1. The molecule has 0 saturated carbocycles. The van der Waals surface area contributed by atoms with Gasteiger partial charge in [-0.1, -0.05) is 36.4 Å². The molecule has 2 aromatic heterocycles. The van der Waals surface area contributed by atoms with Gasteiger partial charge in [-0.2, -0.15) is 0 Å². The number of alkyl halides is 3. The van der Waals surface area contributed by atoms with Crippen LogP contribution in [0.1, 0.15) is 28.5 Å². The van der Waals surface area contributed by atoms with Gasteiger partial charge in [-0.25, -0.2) is 4.79 Å². The first kappa shape index (κ1) is 22.9. The lowest BCUT2D eigenvalue weighted by molar-refractivity contribution is -0.274. The lowest BCUT2D eigenvalue weighted by Gasteiger charge is -2.14. The number of benzene rings is 2. The van der Waals surface area contributed by atoms with E-state index in [1.807, 2.05) is 25.1 Å². The molecular formula is C25H19F3N2O4. The number of carbonyl (C=O) groups is 1. The van der Waals surface area contributed by atoms with Crippen molar-refractivity contribution in [2.24, 2.45) is 0 Å². The van der Waals surface area contributed by atoms with Gasteiger partial charge in [0, 0.05) is 34.8 Å². The summed E-state index contributed by atoms with van der Waals surface area (Å²) in [5.74, 6) is -1.86. The lowest BCUT2D eigenvalue weighted by Crippen LogP contribution is -2.17. The van der Waals surface area contributed by atoms with Crippen LogP contribution in [0.2, 0.25) is 0 Å². The van der Waals surface area contributed by atoms with Gasteiger partial charge < -0.3 is 19.4 Å². The number of nitrogens with one attached hydrogen (secondary N) is 1. The zero-order valence-electron chi connectivity index (χ0n) is 17.9. The van der Waals surface area contributed by atoms with E-state index in [0.717, 1.165) is 28.8 Å². The summed E-state index contributed by atoms with van der Waals surface area (Å²) in [7, 11) is 0. The highest BCUT2D eigenvalue weighted by Gasteiger charge is 2.32. The summed E-state index contributed by atoms with van der Waals surface area (Å²) < 4.78 is 44.1. The van der Waals surface area contributed by atoms with Crippen LogP contribution in [-0.2, 0) is 6.54 Å². The Hall–Kier alpha value is -4.27. The van der Waals surface area contributed by atoms with Crippen LogP contribution in [0.25, 0.3) is 27.6 Å². The van der Waals surface area contributed by atoms with E-state index in [2.05, 4.69) is 16.3 Å². The smallest absolute Gasteiger partial charge is 0.477 e. The third kappa shape index (κ3) is 4.32. The molecule has 0 fully saturated rings. The molecule has 0 unspecified atom stereocenters. The summed E-state index contributed by atoms with van der Waals surface area (Å²) in [4.78, 5) is 27.5. The molecule has 2 N–H and O–H groups in total. The number of aromatic nitrogens is 2. The molecule has 0 aliphatic carbocycles. The maximum absolute atomic E-state index is 12.9. The molecule has 2 aromatic carbocycles. The number of carboxylic acid groups (broad SMARTS) is 1. The summed E-state index contributed by atoms with van der Waals surface area (Å²) in [6, 6.07) is 13.8. The number of fused-ring (bicyclic) bond motifs is 1. The van der Waals surface area contributed by atoms with Crippen molar-refractivity contribution in [1.82, 2.24) is 9.55 Å². The second kappa shape index (κ2) is 8.58. The van der Waals surface area contributed by atoms with Crippen molar-refractivity contribution in [3.05, 3.63) is 94.5 Å². The van der Waals surface area contributed by atoms with E-state index in [4.69, 9.17) is 0 Å². The topological polar surface area (TPSA) is 84.3 Å². The van der Waals surface area contributed by atoms with E-state index in [1.54, 1.807) is 6.07 Å². The van der Waals surface area contributed by atoms with E-state index < -0.39 is 23.6 Å². The molecule has 34 heavy (non-hydrogen) atoms. The summed E-state index contributed by atoms with van der Waals surface area (Å²) in [5, 5.41) is 10.3. The molecule has 0 spiro atoms. The third-order valence-electron chi connectivity index (χ3n) is 5.36. The zero-order valence-corrected chi connectivity index (χ0v) is 17.9. The second-order valence-corrected chi connectivity index (χ2v) is 7.69. The van der Waals surface area contributed by atoms with Crippen LogP contribution < -0.4 is 10.3 Å². The standard InChI is InChI=1S/C25H19F3N2O4/c1-14(2)17-7-4-3-6-15(17)13-30-20-10-9-16(34-25(26,27)28)12-19(20)21(22(30)24(32)33)18-8-5-11-29-23(18)31/h3-12H,1,13H2,2H3,(H,29,31)(H,32,33). The average molecular weight is 468 g/mol. The number of pyridine rings is 1. The number of allylic oxidation sites excluding steroid dienone is 1. The summed E-state index contributed by atoms with van der Waals surface area (Å²) in [6.07, 6.45) is -3.55. The molecule has 0 saturated heterocycles. The van der Waals surface area contributed by atoms with Crippen LogP contribution >= 0.6 is 0 Å². The number of carboxylic acids is 1. The Kier molecular flexibility index (Phi) is 5.78. The van der Waals surface area contributed by atoms with Crippen molar-refractivity contribution in [1.29, 1.82) is 0 Å². The monoisotopic (exact) mass is 468 g/mol. The van der Waals surface area contributed by atoms with Crippen molar-refractivity contribution < 1.29 is 27.8 Å². The molecule has 2 heterocycles. The lowest BCUT2D eigenvalue weighted by atomic mass is 10.0. The molecule has 4 aromatic rings. The highest BCUT2D eigenvalue weighted by Crippen LogP contribution is 2.37. The largest absolute Gasteiger partial charge is 0.573 e. The van der Waals surface area contributed by atoms with E-state index in [1.165, 1.54) is 29.0 Å². The fourth-order valence-corrected chi connectivity index (χ4v) is 4.05. The van der Waals surface area contributed by atoms with E-state index in [9.17, 15) is 27.9 Å². The predicted octanol–water partition coefficient (Wildman–Crippen LogP) is 5.67. The van der Waals surface area contributed by atoms with Crippen molar-refractivity contribution in [3.63, 3.8) is 0 Å². The molecule has 0 atom stereocenters. The highest BCUT2D eigenvalue weighted by molar-refractivity contribution is 6.08. The van der Waals surface area contributed by atoms with Crippen molar-refractivity contribution in [2.45, 2.75) is 19.8 Å². The Labute approximate surface area is 191 Å². The Morgan fingerprint density at radius 3 is 2.53 bits per heavy atom. The average Bonchev–Trinajstić information content (AvgIpc) is 3.06. The third-order valence-corrected chi connectivity index (χ3v) is 5.36. The van der Waals surface area contributed by atoms with Crippen molar-refractivity contribution in [3.8, 4) is 16.9 Å². The predicted molar refractivity (Wildman–Crippen MR) is 122 cm³/mol. The van der Waals surface area contributed by atoms with E-state index in [0.29, 0.717) is 5.52 Å². The number of halogens is 3. The number of H-pyrrole nitrogens is 1. The van der Waals surface area contributed by atoms with E-state index in [-0.39, 0.29) is 28.8 Å². The Bertz CT molecular complexity index is 1480. The molecule has 9 heteroatoms. The summed E-state index contributed by atoms with van der Waals surface area (Å²) in [6.45, 7) is 5.87. The molecule has 4 rings (SSSR count). The van der Waals surface area contributed by atoms with Crippen LogP contribution in [0.15, 0.2) is 72.2 Å². The van der Waals surface area contributed by atoms with Gasteiger partial charge in [0.25, 0.3) is 5.56 Å². The number of hydrogen-bond donors (Lipinski definition) is 2. The van der Waals surface area contributed by atoms with Gasteiger partial charge in [0.2, 0.25) is 0 Å². The fraction of sp³-hybridized carbons (Fsp3) is 0.120. The Morgan fingerprint density at radius 2 is 1.88 bits per heavy atom. The Balaban J connectivity index is 2.06. The van der Waals surface area contributed by atoms with Gasteiger partial charge in [-0.3, -0.25) is 4.79 Å². The zero-order chi connectivity index (χ0) is 24.6. The number of ether oxygens (including phenoxy) is 1. The summed E-state index contributed by atoms with van der Waals surface area (Å²) >= 11 is 0. The minimum Gasteiger partial charge on any atom is -0.477 e. The molecule has 0 aliphatic rings. The fourth-order valence-electron chi connectivity index (χ4n) is 4.05. The van der Waals surface area contributed by atoms with Gasteiger partial charge in [0.1, 0.15) is 11.4 Å². The van der Waals surface area contributed by atoms with Crippen LogP contribution in [0.3, 0.4) is 0 Å². The number of nitrogens with zero attached hydrogens (tertiary/aromatic N) is 1. The molecule has 6 nitrogen and oxygen atoms in total. The van der Waals surface area contributed by atoms with Crippen molar-refractivity contribution in [2.75, 3.05) is 0 Å². The molecule has 0 aliphatic heterocycles. The minimum atomic E-state index is -4.93. The molecule has 0 radical (unpaired) electrons. The van der Waals surface area contributed by atoms with Crippen LogP contribution in [-0.4, -0.2) is 27.0 Å². The summed E-state index contributed by atoms with van der Waals surface area (Å²) in [5.41, 5.74) is 1.90. The maximum Gasteiger partial charge on any atom is 0.573 e. The van der Waals surface area contributed by atoms with Gasteiger partial charge >= 0.3 is 12.3 Å². The normalized spacial score (nSPS) is 11.5. The van der Waals surface area contributed by atoms with Gasteiger partial charge in [0.15, 0.2) is 0 Å². The maximum atomic E-state index is 12.9. The van der Waals surface area contributed by atoms with Crippen LogP contribution in [0.5, 0.6) is 5.75 Å². The molecule has 0 amide bonds. The molecule has 0 bridgehead atoms. The number of hydrogen-bond acceptors (Lipinski definition) is 3. The second-order valence-electron chi connectivity index (χ2n) is 7.69. The van der Waals surface area contributed by atoms with E-state index >= 15 is 0 Å². The number of aromatic carboxylic acids is 1. The first-order valence-corrected chi connectivity index (χ1v) is 10.1. The van der Waals surface area contributed by atoms with Crippen LogP contribution in [0.4, 0.5) is 13.2 Å². The minimum absolute atomic E-state index is 0.00443. The quantitative estimate of drug-likeness (QED) is 0.382. The van der Waals surface area contributed by atoms with Gasteiger partial charge in [0.05, 0.1) is 0 Å². The van der Waals surface area contributed by atoms with Gasteiger partial charge in [-0.15, -0.1) is 13.2 Å². The Morgan fingerprint density at radius 1 is 1.15 bits per heavy atom. The number of aromatic amines is 1. The first-order valence-electron chi connectivity index (χ1n) is 10.1. The molecular weight excluding hydrogens is 449 g/mol. The van der Waals surface area contributed by atoms with Gasteiger partial charge in [-0.05, 0) is 48.4 Å². The number of rotatable bonds is 6. The van der Waals surface area contributed by atoms with Crippen molar-refractivity contribution >= 4 is 22.4 Å². The molecule has 174 valence electrons. The SMILES string of the molecule is C=C(C)c1ccccc1Cn1c(C(=O)O)c(-c2ccc[nH]c2=O)c2cc(OC(F)(F)F)ccc21. The van der Waals surface area contributed by atoms with Crippen LogP contribution in [0, 0.1) is 0 Å². The highest BCUT2D eigenvalue weighted by atomic mass is 19.4.